The lowest BCUT2D eigenvalue weighted by atomic mass is 9.78. The van der Waals surface area contributed by atoms with Gasteiger partial charge in [-0.3, -0.25) is 9.78 Å². The average molecular weight is 469 g/mol. The van der Waals surface area contributed by atoms with Crippen LogP contribution < -0.4 is 5.32 Å². The van der Waals surface area contributed by atoms with Crippen molar-refractivity contribution in [1.82, 2.24) is 25.0 Å². The Morgan fingerprint density at radius 1 is 1.27 bits per heavy atom. The van der Waals surface area contributed by atoms with Gasteiger partial charge in [-0.2, -0.15) is 13.2 Å². The maximum atomic E-state index is 13.8. The van der Waals surface area contributed by atoms with Crippen molar-refractivity contribution in [2.45, 2.75) is 38.0 Å². The largest absolute Gasteiger partial charge is 0.465 e. The van der Waals surface area contributed by atoms with Crippen LogP contribution in [0.1, 0.15) is 29.7 Å². The molecule has 0 aromatic carbocycles. The molecule has 180 valence electrons. The molecule has 2 aliphatic heterocycles. The molecule has 3 atom stereocenters. The Hall–Kier alpha value is -3.05. The zero-order chi connectivity index (χ0) is 24.1. The van der Waals surface area contributed by atoms with Crippen molar-refractivity contribution in [3.8, 4) is 0 Å². The van der Waals surface area contributed by atoms with Gasteiger partial charge in [-0.1, -0.05) is 0 Å². The smallest absolute Gasteiger partial charge is 0.417 e. The molecule has 12 heteroatoms. The summed E-state index contributed by atoms with van der Waals surface area (Å²) in [6.45, 7) is 0.774. The molecular weight excluding hydrogens is 443 g/mol. The van der Waals surface area contributed by atoms with Crippen LogP contribution in [0.5, 0.6) is 0 Å². The van der Waals surface area contributed by atoms with Crippen molar-refractivity contribution in [3.63, 3.8) is 0 Å². The van der Waals surface area contributed by atoms with Gasteiger partial charge in [0.2, 0.25) is 5.91 Å². The summed E-state index contributed by atoms with van der Waals surface area (Å²) < 4.78 is 39.4. The van der Waals surface area contributed by atoms with Crippen LogP contribution >= 0.6 is 0 Å². The standard InChI is InChI=1S/C21H26F3N5O4/c1-27(2)19(33)29-10-14-6-15(26-18(31)32)7-20(14,11-29)17(30)28-4-3-16-12(9-28)5-13(8-25-16)21(22,23)24/h5,8,14-15,26H,3-4,6-7,9-11H2,1-2H3,(H,31,32)/t14-,15+,20-/m0/s1. The molecule has 1 aromatic heterocycles. The number of nitrogens with one attached hydrogen (secondary N) is 1. The number of carboxylic acid groups (broad SMARTS) is 1. The quantitative estimate of drug-likeness (QED) is 0.690. The Kier molecular flexibility index (Phi) is 5.65. The highest BCUT2D eigenvalue weighted by Gasteiger charge is 2.60. The normalized spacial score (nSPS) is 26.6. The van der Waals surface area contributed by atoms with E-state index < -0.39 is 29.3 Å². The van der Waals surface area contributed by atoms with Crippen LogP contribution in [-0.2, 0) is 23.9 Å². The monoisotopic (exact) mass is 469 g/mol. The molecule has 3 heterocycles. The van der Waals surface area contributed by atoms with E-state index in [4.69, 9.17) is 5.11 Å². The summed E-state index contributed by atoms with van der Waals surface area (Å²) >= 11 is 0. The molecule has 9 nitrogen and oxygen atoms in total. The Bertz CT molecular complexity index is 985. The molecule has 0 bridgehead atoms. The van der Waals surface area contributed by atoms with Gasteiger partial charge < -0.3 is 25.1 Å². The van der Waals surface area contributed by atoms with Crippen molar-refractivity contribution in [3.05, 3.63) is 29.1 Å². The van der Waals surface area contributed by atoms with Crippen LogP contribution in [0.15, 0.2) is 12.3 Å². The molecule has 1 saturated heterocycles. The van der Waals surface area contributed by atoms with Gasteiger partial charge in [-0.05, 0) is 30.4 Å². The number of carbonyl (C=O) groups excluding carboxylic acids is 2. The lowest BCUT2D eigenvalue weighted by Crippen LogP contribution is -2.50. The van der Waals surface area contributed by atoms with Crippen LogP contribution in [0.4, 0.5) is 22.8 Å². The van der Waals surface area contributed by atoms with Gasteiger partial charge in [-0.25, -0.2) is 9.59 Å². The van der Waals surface area contributed by atoms with Gasteiger partial charge in [0.1, 0.15) is 0 Å². The Labute approximate surface area is 188 Å². The van der Waals surface area contributed by atoms with Gasteiger partial charge >= 0.3 is 18.3 Å². The van der Waals surface area contributed by atoms with Crippen molar-refractivity contribution >= 4 is 18.0 Å². The highest BCUT2D eigenvalue weighted by Crippen LogP contribution is 2.50. The van der Waals surface area contributed by atoms with E-state index in [9.17, 15) is 27.6 Å². The van der Waals surface area contributed by atoms with E-state index in [-0.39, 0.29) is 37.4 Å². The topological polar surface area (TPSA) is 106 Å². The number of amides is 4. The molecule has 0 spiro atoms. The fourth-order valence-electron chi connectivity index (χ4n) is 5.48. The average Bonchev–Trinajstić information content (AvgIpc) is 3.25. The number of carbonyl (C=O) groups is 3. The first-order valence-corrected chi connectivity index (χ1v) is 10.7. The van der Waals surface area contributed by atoms with E-state index in [1.807, 2.05) is 0 Å². The minimum absolute atomic E-state index is 0.00178. The van der Waals surface area contributed by atoms with E-state index in [1.54, 1.807) is 19.0 Å². The Morgan fingerprint density at radius 2 is 2.00 bits per heavy atom. The van der Waals surface area contributed by atoms with Crippen molar-refractivity contribution in [2.24, 2.45) is 11.3 Å². The van der Waals surface area contributed by atoms with Gasteiger partial charge in [-0.15, -0.1) is 0 Å². The minimum atomic E-state index is -4.53. The number of urea groups is 1. The maximum absolute atomic E-state index is 13.8. The highest BCUT2D eigenvalue weighted by molar-refractivity contribution is 5.86. The third-order valence-electron chi connectivity index (χ3n) is 6.94. The summed E-state index contributed by atoms with van der Waals surface area (Å²) in [7, 11) is 3.24. The summed E-state index contributed by atoms with van der Waals surface area (Å²) in [4.78, 5) is 46.1. The summed E-state index contributed by atoms with van der Waals surface area (Å²) in [6.07, 6.45) is -3.91. The molecule has 1 aliphatic carbocycles. The van der Waals surface area contributed by atoms with Crippen LogP contribution in [-0.4, -0.2) is 82.6 Å². The number of aromatic nitrogens is 1. The van der Waals surface area contributed by atoms with Crippen LogP contribution in [0.25, 0.3) is 0 Å². The maximum Gasteiger partial charge on any atom is 0.417 e. The first kappa shape index (κ1) is 23.1. The second kappa shape index (κ2) is 8.07. The first-order chi connectivity index (χ1) is 15.4. The number of halogens is 3. The predicted octanol–water partition coefficient (Wildman–Crippen LogP) is 2.01. The number of fused-ring (bicyclic) bond motifs is 2. The van der Waals surface area contributed by atoms with E-state index in [2.05, 4.69) is 10.3 Å². The number of alkyl halides is 3. The number of likely N-dealkylation sites (tertiary alicyclic amines) is 1. The van der Waals surface area contributed by atoms with E-state index in [0.29, 0.717) is 37.2 Å². The third-order valence-corrected chi connectivity index (χ3v) is 6.94. The van der Waals surface area contributed by atoms with Crippen molar-refractivity contribution < 1.29 is 32.7 Å². The van der Waals surface area contributed by atoms with E-state index in [0.717, 1.165) is 12.3 Å². The predicted molar refractivity (Wildman–Crippen MR) is 109 cm³/mol. The number of nitrogens with zero attached hydrogens (tertiary/aromatic N) is 4. The highest BCUT2D eigenvalue weighted by atomic mass is 19.4. The molecule has 4 rings (SSSR count). The summed E-state index contributed by atoms with van der Waals surface area (Å²) in [5.74, 6) is -0.494. The lowest BCUT2D eigenvalue weighted by Gasteiger charge is -2.37. The van der Waals surface area contributed by atoms with Gasteiger partial charge in [0, 0.05) is 64.6 Å². The summed E-state index contributed by atoms with van der Waals surface area (Å²) in [5.41, 5.74) is -0.948. The number of pyridine rings is 1. The molecule has 2 fully saturated rings. The van der Waals surface area contributed by atoms with Crippen molar-refractivity contribution in [1.29, 1.82) is 0 Å². The van der Waals surface area contributed by atoms with E-state index in [1.165, 1.54) is 9.80 Å². The molecule has 33 heavy (non-hydrogen) atoms. The molecule has 0 radical (unpaired) electrons. The fraction of sp³-hybridized carbons (Fsp3) is 0.619. The molecular formula is C21H26F3N5O4. The van der Waals surface area contributed by atoms with Crippen LogP contribution in [0.2, 0.25) is 0 Å². The second-order valence-corrected chi connectivity index (χ2v) is 9.30. The SMILES string of the molecule is CN(C)C(=O)N1C[C@@H]2C[C@@H](NC(=O)O)C[C@]2(C(=O)N2CCc3ncc(C(F)(F)F)cc3C2)C1. The number of hydrogen-bond acceptors (Lipinski definition) is 4. The van der Waals surface area contributed by atoms with Gasteiger partial charge in [0.05, 0.1) is 11.0 Å². The molecule has 2 N–H and O–H groups in total. The third kappa shape index (κ3) is 4.18. The van der Waals surface area contributed by atoms with E-state index >= 15 is 0 Å². The van der Waals surface area contributed by atoms with Gasteiger partial charge in [0.25, 0.3) is 0 Å². The van der Waals surface area contributed by atoms with Crippen molar-refractivity contribution in [2.75, 3.05) is 33.7 Å². The fourth-order valence-corrected chi connectivity index (χ4v) is 5.48. The number of hydrogen-bond donors (Lipinski definition) is 2. The zero-order valence-electron chi connectivity index (χ0n) is 18.4. The summed E-state index contributed by atoms with van der Waals surface area (Å²) in [5, 5.41) is 11.6. The summed E-state index contributed by atoms with van der Waals surface area (Å²) in [6, 6.07) is 0.377. The van der Waals surface area contributed by atoms with Gasteiger partial charge in [0.15, 0.2) is 0 Å². The second-order valence-electron chi connectivity index (χ2n) is 9.30. The minimum Gasteiger partial charge on any atom is -0.465 e. The molecule has 1 aromatic rings. The molecule has 3 aliphatic rings. The molecule has 4 amide bonds. The Morgan fingerprint density at radius 3 is 2.64 bits per heavy atom. The lowest BCUT2D eigenvalue weighted by molar-refractivity contribution is -0.143. The Balaban J connectivity index is 1.60. The zero-order valence-corrected chi connectivity index (χ0v) is 18.4. The number of rotatable bonds is 2. The van der Waals surface area contributed by atoms with Crippen LogP contribution in [0, 0.1) is 11.3 Å². The molecule has 1 saturated carbocycles. The first-order valence-electron chi connectivity index (χ1n) is 10.7. The van der Waals surface area contributed by atoms with Crippen LogP contribution in [0.3, 0.4) is 0 Å². The molecule has 0 unspecified atom stereocenters.